The minimum absolute atomic E-state index is 0.169. The van der Waals surface area contributed by atoms with Gasteiger partial charge in [-0.05, 0) is 42.0 Å². The van der Waals surface area contributed by atoms with Crippen molar-refractivity contribution >= 4 is 17.9 Å². The molecule has 3 heterocycles. The maximum Gasteiger partial charge on any atom is 0.363 e. The zero-order valence-electron chi connectivity index (χ0n) is 14.9. The summed E-state index contributed by atoms with van der Waals surface area (Å²) >= 11 is 0. The number of benzene rings is 2. The van der Waals surface area contributed by atoms with E-state index < -0.39 is 5.97 Å². The summed E-state index contributed by atoms with van der Waals surface area (Å²) in [5.41, 5.74) is 1.48. The van der Waals surface area contributed by atoms with Crippen molar-refractivity contribution in [3.8, 4) is 28.7 Å². The van der Waals surface area contributed by atoms with Crippen molar-refractivity contribution in [2.45, 2.75) is 0 Å². The lowest BCUT2D eigenvalue weighted by atomic mass is 10.1. The van der Waals surface area contributed by atoms with Gasteiger partial charge in [0.15, 0.2) is 28.7 Å². The van der Waals surface area contributed by atoms with Crippen molar-refractivity contribution in [1.82, 2.24) is 0 Å². The third kappa shape index (κ3) is 2.79. The first-order valence-corrected chi connectivity index (χ1v) is 8.61. The lowest BCUT2D eigenvalue weighted by Crippen LogP contribution is -2.16. The molecule has 2 aromatic carbocycles. The number of rotatable bonds is 3. The SMILES string of the molecule is COc1cc(C=C2N=C(c3ccc4c(c3)OCO4)OC2=O)cc2c1OCCO2. The molecule has 0 spiro atoms. The number of methoxy groups -OCH3 is 1. The molecule has 0 N–H and O–H groups in total. The highest BCUT2D eigenvalue weighted by molar-refractivity contribution is 6.13. The summed E-state index contributed by atoms with van der Waals surface area (Å²) in [6, 6.07) is 8.76. The molecule has 0 fully saturated rings. The predicted molar refractivity (Wildman–Crippen MR) is 97.2 cm³/mol. The molecular weight excluding hydrogens is 366 g/mol. The second kappa shape index (κ2) is 6.49. The number of hydrogen-bond donors (Lipinski definition) is 0. The molecule has 0 aliphatic carbocycles. The van der Waals surface area contributed by atoms with Gasteiger partial charge in [-0.2, -0.15) is 0 Å². The average molecular weight is 381 g/mol. The average Bonchev–Trinajstić information content (AvgIpc) is 3.33. The highest BCUT2D eigenvalue weighted by Gasteiger charge is 2.26. The van der Waals surface area contributed by atoms with Crippen LogP contribution in [0.5, 0.6) is 28.7 Å². The Morgan fingerprint density at radius 2 is 1.86 bits per heavy atom. The Morgan fingerprint density at radius 1 is 1.00 bits per heavy atom. The van der Waals surface area contributed by atoms with Gasteiger partial charge in [0.25, 0.3) is 0 Å². The van der Waals surface area contributed by atoms with Crippen LogP contribution in [0.3, 0.4) is 0 Å². The molecule has 28 heavy (non-hydrogen) atoms. The number of nitrogens with zero attached hydrogens (tertiary/aromatic N) is 1. The number of fused-ring (bicyclic) bond motifs is 2. The van der Waals surface area contributed by atoms with Crippen LogP contribution in [0.2, 0.25) is 0 Å². The quantitative estimate of drug-likeness (QED) is 0.597. The Morgan fingerprint density at radius 3 is 2.75 bits per heavy atom. The lowest BCUT2D eigenvalue weighted by Gasteiger charge is -2.20. The van der Waals surface area contributed by atoms with Crippen molar-refractivity contribution in [1.29, 1.82) is 0 Å². The highest BCUT2D eigenvalue weighted by atomic mass is 16.7. The van der Waals surface area contributed by atoms with Crippen LogP contribution in [0.25, 0.3) is 6.08 Å². The molecule has 0 atom stereocenters. The first kappa shape index (κ1) is 16.5. The Labute approximate surface area is 159 Å². The van der Waals surface area contributed by atoms with Crippen molar-refractivity contribution in [3.05, 3.63) is 47.2 Å². The van der Waals surface area contributed by atoms with Crippen molar-refractivity contribution in [3.63, 3.8) is 0 Å². The normalized spacial score (nSPS) is 18.1. The maximum absolute atomic E-state index is 12.3. The van der Waals surface area contributed by atoms with Crippen LogP contribution in [-0.4, -0.2) is 39.0 Å². The van der Waals surface area contributed by atoms with Gasteiger partial charge >= 0.3 is 5.97 Å². The fourth-order valence-corrected chi connectivity index (χ4v) is 3.10. The van der Waals surface area contributed by atoms with E-state index in [0.29, 0.717) is 53.1 Å². The van der Waals surface area contributed by atoms with Crippen LogP contribution in [0.15, 0.2) is 41.0 Å². The minimum Gasteiger partial charge on any atom is -0.493 e. The van der Waals surface area contributed by atoms with E-state index in [2.05, 4.69) is 4.99 Å². The second-order valence-corrected chi connectivity index (χ2v) is 6.15. The fraction of sp³-hybridized carbons (Fsp3) is 0.200. The summed E-state index contributed by atoms with van der Waals surface area (Å²) in [6.07, 6.45) is 1.61. The standard InChI is InChI=1S/C20H15NO7/c1-23-16-7-11(8-17-18(16)25-5-4-24-17)6-13-20(22)28-19(21-13)12-2-3-14-15(9-12)27-10-26-14/h2-3,6-9H,4-5,10H2,1H3. The van der Waals surface area contributed by atoms with E-state index in [9.17, 15) is 4.79 Å². The molecule has 3 aliphatic heterocycles. The van der Waals surface area contributed by atoms with E-state index in [1.165, 1.54) is 0 Å². The van der Waals surface area contributed by atoms with Gasteiger partial charge in [-0.15, -0.1) is 0 Å². The summed E-state index contributed by atoms with van der Waals surface area (Å²) < 4.78 is 32.5. The molecule has 2 aromatic rings. The fourth-order valence-electron chi connectivity index (χ4n) is 3.10. The summed E-state index contributed by atoms with van der Waals surface area (Å²) in [6.45, 7) is 1.08. The van der Waals surface area contributed by atoms with Crippen molar-refractivity contribution < 1.29 is 33.2 Å². The second-order valence-electron chi connectivity index (χ2n) is 6.15. The molecule has 0 saturated heterocycles. The molecule has 0 unspecified atom stereocenters. The van der Waals surface area contributed by atoms with Gasteiger partial charge in [0.05, 0.1) is 7.11 Å². The Balaban J connectivity index is 1.49. The molecular formula is C20H15NO7. The van der Waals surface area contributed by atoms with Crippen molar-refractivity contribution in [2.75, 3.05) is 27.1 Å². The molecule has 5 rings (SSSR count). The molecule has 0 amide bonds. The van der Waals surface area contributed by atoms with Crippen LogP contribution in [-0.2, 0) is 9.53 Å². The largest absolute Gasteiger partial charge is 0.493 e. The van der Waals surface area contributed by atoms with Crippen LogP contribution in [0.4, 0.5) is 0 Å². The first-order chi connectivity index (χ1) is 13.7. The minimum atomic E-state index is -0.540. The Bertz CT molecular complexity index is 1020. The number of esters is 1. The highest BCUT2D eigenvalue weighted by Crippen LogP contribution is 2.41. The number of ether oxygens (including phenoxy) is 6. The van der Waals surface area contributed by atoms with Gasteiger partial charge in [-0.3, -0.25) is 0 Å². The summed E-state index contributed by atoms with van der Waals surface area (Å²) in [5.74, 6) is 2.53. The molecule has 3 aliphatic rings. The molecule has 0 saturated carbocycles. The Hall–Kier alpha value is -3.68. The maximum atomic E-state index is 12.3. The number of aliphatic imine (C=N–C) groups is 1. The molecule has 0 aromatic heterocycles. The molecule has 8 heteroatoms. The van der Waals surface area contributed by atoms with E-state index in [-0.39, 0.29) is 18.4 Å². The number of carbonyl (C=O) groups is 1. The number of carbonyl (C=O) groups excluding carboxylic acids is 1. The van der Waals surface area contributed by atoms with Crippen LogP contribution < -0.4 is 23.7 Å². The van der Waals surface area contributed by atoms with E-state index in [4.69, 9.17) is 28.4 Å². The summed E-state index contributed by atoms with van der Waals surface area (Å²) in [5, 5.41) is 0. The third-order valence-electron chi connectivity index (χ3n) is 4.39. The first-order valence-electron chi connectivity index (χ1n) is 8.61. The van der Waals surface area contributed by atoms with Gasteiger partial charge in [0.1, 0.15) is 13.2 Å². The molecule has 8 nitrogen and oxygen atoms in total. The third-order valence-corrected chi connectivity index (χ3v) is 4.39. The van der Waals surface area contributed by atoms with Gasteiger partial charge < -0.3 is 28.4 Å². The summed E-state index contributed by atoms with van der Waals surface area (Å²) in [7, 11) is 1.55. The van der Waals surface area contributed by atoms with E-state index in [0.717, 1.165) is 0 Å². The van der Waals surface area contributed by atoms with E-state index in [1.54, 1.807) is 43.5 Å². The van der Waals surface area contributed by atoms with Crippen LogP contribution in [0, 0.1) is 0 Å². The lowest BCUT2D eigenvalue weighted by molar-refractivity contribution is -0.129. The summed E-state index contributed by atoms with van der Waals surface area (Å²) in [4.78, 5) is 16.6. The van der Waals surface area contributed by atoms with E-state index in [1.807, 2.05) is 0 Å². The van der Waals surface area contributed by atoms with Crippen LogP contribution >= 0.6 is 0 Å². The monoisotopic (exact) mass is 381 g/mol. The van der Waals surface area contributed by atoms with Gasteiger partial charge in [0, 0.05) is 5.56 Å². The van der Waals surface area contributed by atoms with Gasteiger partial charge in [-0.1, -0.05) is 0 Å². The van der Waals surface area contributed by atoms with Gasteiger partial charge in [-0.25, -0.2) is 9.79 Å². The topological polar surface area (TPSA) is 84.8 Å². The number of cyclic esters (lactones) is 1. The zero-order valence-corrected chi connectivity index (χ0v) is 14.9. The molecule has 0 radical (unpaired) electrons. The van der Waals surface area contributed by atoms with Gasteiger partial charge in [0.2, 0.25) is 18.4 Å². The van der Waals surface area contributed by atoms with E-state index >= 15 is 0 Å². The number of hydrogen-bond acceptors (Lipinski definition) is 8. The molecule has 142 valence electrons. The Kier molecular flexibility index (Phi) is 3.82. The zero-order chi connectivity index (χ0) is 19.1. The van der Waals surface area contributed by atoms with Crippen LogP contribution in [0.1, 0.15) is 11.1 Å². The van der Waals surface area contributed by atoms with Crippen molar-refractivity contribution in [2.24, 2.45) is 4.99 Å². The smallest absolute Gasteiger partial charge is 0.363 e. The predicted octanol–water partition coefficient (Wildman–Crippen LogP) is 2.54. The molecule has 0 bridgehead atoms.